The smallest absolute Gasteiger partial charge is 0.318 e. The van der Waals surface area contributed by atoms with E-state index in [0.29, 0.717) is 26.2 Å². The molecule has 142 valence electrons. The van der Waals surface area contributed by atoms with Crippen molar-refractivity contribution in [3.63, 3.8) is 0 Å². The summed E-state index contributed by atoms with van der Waals surface area (Å²) in [6, 6.07) is 6.93. The first-order valence-electron chi connectivity index (χ1n) is 9.62. The number of carbonyl (C=O) groups excluding carboxylic acids is 1. The standard InChI is InChI=1S/C19H27FN4O2/c20-16-3-1-15(2-4-16)5-8-22-9-6-17(13-22)21-19(25)23-10-12-24(26)11-7-18(23)14-24/h1-4,17-18H,5-14H2,(H,21,25). The number of urea groups is 1. The van der Waals surface area contributed by atoms with E-state index in [1.165, 1.54) is 12.1 Å². The van der Waals surface area contributed by atoms with Crippen molar-refractivity contribution < 1.29 is 13.8 Å². The van der Waals surface area contributed by atoms with Gasteiger partial charge in [0.05, 0.1) is 32.2 Å². The molecule has 2 bridgehead atoms. The van der Waals surface area contributed by atoms with E-state index in [9.17, 15) is 14.4 Å². The van der Waals surface area contributed by atoms with Crippen molar-refractivity contribution in [3.8, 4) is 0 Å². The Morgan fingerprint density at radius 3 is 2.85 bits per heavy atom. The van der Waals surface area contributed by atoms with Gasteiger partial charge in [0.25, 0.3) is 0 Å². The van der Waals surface area contributed by atoms with E-state index >= 15 is 0 Å². The number of fused-ring (bicyclic) bond motifs is 2. The number of rotatable bonds is 4. The molecule has 2 amide bonds. The molecule has 3 atom stereocenters. The molecule has 7 heteroatoms. The zero-order chi connectivity index (χ0) is 18.1. The second kappa shape index (κ2) is 7.13. The van der Waals surface area contributed by atoms with Crippen LogP contribution in [0, 0.1) is 11.0 Å². The van der Waals surface area contributed by atoms with Crippen LogP contribution in [-0.2, 0) is 6.42 Å². The number of amides is 2. The molecule has 3 aliphatic heterocycles. The van der Waals surface area contributed by atoms with Crippen molar-refractivity contribution in [2.45, 2.75) is 31.3 Å². The Labute approximate surface area is 153 Å². The number of quaternary nitrogens is 1. The molecule has 26 heavy (non-hydrogen) atoms. The van der Waals surface area contributed by atoms with Gasteiger partial charge in [0.1, 0.15) is 5.82 Å². The van der Waals surface area contributed by atoms with Crippen LogP contribution < -0.4 is 5.32 Å². The quantitative estimate of drug-likeness (QED) is 0.653. The van der Waals surface area contributed by atoms with Gasteiger partial charge in [0, 0.05) is 32.1 Å². The minimum atomic E-state index is -0.203. The number of halogens is 1. The van der Waals surface area contributed by atoms with E-state index < -0.39 is 0 Å². The van der Waals surface area contributed by atoms with Gasteiger partial charge in [-0.2, -0.15) is 0 Å². The van der Waals surface area contributed by atoms with Crippen molar-refractivity contribution in [3.05, 3.63) is 40.9 Å². The van der Waals surface area contributed by atoms with Crippen LogP contribution in [0.25, 0.3) is 0 Å². The van der Waals surface area contributed by atoms with Crippen LogP contribution in [0.3, 0.4) is 0 Å². The SMILES string of the molecule is O=C(NC1CCN(CCc2ccc(F)cc2)C1)N1CC[N+]2([O-])CCC1C2. The maximum absolute atomic E-state index is 13.0. The molecule has 3 heterocycles. The van der Waals surface area contributed by atoms with E-state index in [4.69, 9.17) is 0 Å². The van der Waals surface area contributed by atoms with Gasteiger partial charge < -0.3 is 25.0 Å². The number of piperazine rings is 1. The van der Waals surface area contributed by atoms with Gasteiger partial charge in [-0.15, -0.1) is 0 Å². The molecule has 3 aliphatic rings. The molecule has 3 fully saturated rings. The molecule has 3 unspecified atom stereocenters. The first-order valence-corrected chi connectivity index (χ1v) is 9.62. The summed E-state index contributed by atoms with van der Waals surface area (Å²) < 4.78 is 12.8. The van der Waals surface area contributed by atoms with Crippen molar-refractivity contribution in [2.75, 3.05) is 45.8 Å². The van der Waals surface area contributed by atoms with Gasteiger partial charge in [0.15, 0.2) is 0 Å². The number of benzene rings is 1. The zero-order valence-corrected chi connectivity index (χ0v) is 15.1. The maximum Gasteiger partial charge on any atom is 0.318 e. The van der Waals surface area contributed by atoms with Crippen LogP contribution in [0.1, 0.15) is 18.4 Å². The van der Waals surface area contributed by atoms with Crippen LogP contribution in [0.4, 0.5) is 9.18 Å². The lowest BCUT2D eigenvalue weighted by Gasteiger charge is -2.44. The summed E-state index contributed by atoms with van der Waals surface area (Å²) in [5, 5.41) is 15.4. The topological polar surface area (TPSA) is 58.6 Å². The summed E-state index contributed by atoms with van der Waals surface area (Å²) in [7, 11) is 0. The van der Waals surface area contributed by atoms with Gasteiger partial charge in [-0.3, -0.25) is 0 Å². The largest absolute Gasteiger partial charge is 0.633 e. The van der Waals surface area contributed by atoms with E-state index in [1.54, 1.807) is 0 Å². The lowest BCUT2D eigenvalue weighted by Crippen LogP contribution is -2.58. The molecule has 0 spiro atoms. The number of hydrogen-bond donors (Lipinski definition) is 1. The molecule has 0 saturated carbocycles. The van der Waals surface area contributed by atoms with Crippen LogP contribution in [0.15, 0.2) is 24.3 Å². The summed E-state index contributed by atoms with van der Waals surface area (Å²) in [6.45, 7) is 5.04. The second-order valence-electron chi connectivity index (χ2n) is 7.94. The Balaban J connectivity index is 1.23. The number of nitrogens with one attached hydrogen (secondary N) is 1. The molecule has 1 aromatic carbocycles. The average molecular weight is 362 g/mol. The van der Waals surface area contributed by atoms with Gasteiger partial charge >= 0.3 is 6.03 Å². The third-order valence-electron chi connectivity index (χ3n) is 6.09. The molecular weight excluding hydrogens is 335 g/mol. The van der Waals surface area contributed by atoms with Gasteiger partial charge in [-0.1, -0.05) is 12.1 Å². The highest BCUT2D eigenvalue weighted by molar-refractivity contribution is 5.75. The van der Waals surface area contributed by atoms with E-state index in [2.05, 4.69) is 10.2 Å². The Kier molecular flexibility index (Phi) is 4.86. The molecule has 4 rings (SSSR count). The molecule has 1 aromatic rings. The highest BCUT2D eigenvalue weighted by Crippen LogP contribution is 2.27. The fourth-order valence-corrected chi connectivity index (χ4v) is 4.50. The molecule has 0 aromatic heterocycles. The molecule has 1 N–H and O–H groups in total. The number of hydroxylamine groups is 3. The first-order chi connectivity index (χ1) is 12.5. The van der Waals surface area contributed by atoms with Crippen molar-refractivity contribution in [1.82, 2.24) is 15.1 Å². The minimum Gasteiger partial charge on any atom is -0.633 e. The minimum absolute atomic E-state index is 0.00599. The third kappa shape index (κ3) is 3.84. The molecule has 3 saturated heterocycles. The van der Waals surface area contributed by atoms with Crippen LogP contribution in [0.5, 0.6) is 0 Å². The molecule has 0 aliphatic carbocycles. The fraction of sp³-hybridized carbons (Fsp3) is 0.632. The highest BCUT2D eigenvalue weighted by atomic mass is 19.1. The maximum atomic E-state index is 13.0. The average Bonchev–Trinajstić information content (AvgIpc) is 3.19. The van der Waals surface area contributed by atoms with Crippen LogP contribution in [-0.4, -0.2) is 78.4 Å². The van der Waals surface area contributed by atoms with Crippen molar-refractivity contribution in [1.29, 1.82) is 0 Å². The highest BCUT2D eigenvalue weighted by Gasteiger charge is 2.42. The number of nitrogens with zero attached hydrogens (tertiary/aromatic N) is 3. The lowest BCUT2D eigenvalue weighted by molar-refractivity contribution is -0.872. The summed E-state index contributed by atoms with van der Waals surface area (Å²) in [5.74, 6) is -0.203. The van der Waals surface area contributed by atoms with Gasteiger partial charge in [-0.25, -0.2) is 9.18 Å². The monoisotopic (exact) mass is 362 g/mol. The molecule has 0 radical (unpaired) electrons. The summed E-state index contributed by atoms with van der Waals surface area (Å²) in [6.07, 6.45) is 2.67. The predicted molar refractivity (Wildman–Crippen MR) is 96.8 cm³/mol. The normalized spacial score (nSPS) is 31.4. The number of carbonyl (C=O) groups is 1. The molecular formula is C19H27FN4O2. The number of likely N-dealkylation sites (tertiary alicyclic amines) is 1. The van der Waals surface area contributed by atoms with Gasteiger partial charge in [0.2, 0.25) is 0 Å². The van der Waals surface area contributed by atoms with Crippen molar-refractivity contribution in [2.24, 2.45) is 0 Å². The summed E-state index contributed by atoms with van der Waals surface area (Å²) in [5.41, 5.74) is 1.13. The Bertz CT molecular complexity index is 655. The van der Waals surface area contributed by atoms with E-state index in [0.717, 1.165) is 44.5 Å². The molecule has 6 nitrogen and oxygen atoms in total. The van der Waals surface area contributed by atoms with Crippen molar-refractivity contribution >= 4 is 6.03 Å². The first kappa shape index (κ1) is 17.7. The Hall–Kier alpha value is -1.70. The fourth-order valence-electron chi connectivity index (χ4n) is 4.50. The number of hydrogen-bond acceptors (Lipinski definition) is 3. The van der Waals surface area contributed by atoms with Crippen LogP contribution >= 0.6 is 0 Å². The predicted octanol–water partition coefficient (Wildman–Crippen LogP) is 1.55. The van der Waals surface area contributed by atoms with E-state index in [-0.39, 0.29) is 28.6 Å². The van der Waals surface area contributed by atoms with Gasteiger partial charge in [-0.05, 0) is 30.5 Å². The summed E-state index contributed by atoms with van der Waals surface area (Å²) in [4.78, 5) is 16.8. The second-order valence-corrected chi connectivity index (χ2v) is 7.94. The third-order valence-corrected chi connectivity index (χ3v) is 6.09. The van der Waals surface area contributed by atoms with Crippen LogP contribution in [0.2, 0.25) is 0 Å². The van der Waals surface area contributed by atoms with E-state index in [1.807, 2.05) is 17.0 Å². The summed E-state index contributed by atoms with van der Waals surface area (Å²) >= 11 is 0. The Morgan fingerprint density at radius 1 is 1.23 bits per heavy atom. The Morgan fingerprint density at radius 2 is 2.04 bits per heavy atom. The zero-order valence-electron chi connectivity index (χ0n) is 15.1. The lowest BCUT2D eigenvalue weighted by atomic mass is 10.1.